The summed E-state index contributed by atoms with van der Waals surface area (Å²) in [5.74, 6) is -0.199. The summed E-state index contributed by atoms with van der Waals surface area (Å²) in [6, 6.07) is 13.0. The van der Waals surface area contributed by atoms with E-state index in [1.54, 1.807) is 23.5 Å². The molecule has 0 unspecified atom stereocenters. The minimum absolute atomic E-state index is 0.0919. The molecule has 2 heterocycles. The third-order valence-electron chi connectivity index (χ3n) is 3.93. The van der Waals surface area contributed by atoms with Crippen LogP contribution in [0.25, 0.3) is 6.08 Å². The van der Waals surface area contributed by atoms with Crippen LogP contribution >= 0.6 is 11.3 Å². The molecular formula is C21H15FN2O3S. The summed E-state index contributed by atoms with van der Waals surface area (Å²) in [6.07, 6.45) is 1.61. The molecule has 1 aromatic heterocycles. The van der Waals surface area contributed by atoms with Crippen LogP contribution in [0.2, 0.25) is 0 Å². The minimum atomic E-state index is -0.571. The Morgan fingerprint density at radius 2 is 2.04 bits per heavy atom. The van der Waals surface area contributed by atoms with Gasteiger partial charge in [0, 0.05) is 10.9 Å². The molecule has 2 aromatic carbocycles. The van der Waals surface area contributed by atoms with E-state index in [-0.39, 0.29) is 11.6 Å². The van der Waals surface area contributed by atoms with Crippen molar-refractivity contribution in [2.45, 2.75) is 13.5 Å². The monoisotopic (exact) mass is 394 g/mol. The van der Waals surface area contributed by atoms with Crippen molar-refractivity contribution in [3.63, 3.8) is 0 Å². The van der Waals surface area contributed by atoms with Gasteiger partial charge in [-0.05, 0) is 48.9 Å². The summed E-state index contributed by atoms with van der Waals surface area (Å²) >= 11 is 1.58. The lowest BCUT2D eigenvalue weighted by atomic mass is 10.2. The maximum Gasteiger partial charge on any atom is 0.363 e. The van der Waals surface area contributed by atoms with Gasteiger partial charge < -0.3 is 9.47 Å². The quantitative estimate of drug-likeness (QED) is 0.472. The third-order valence-corrected chi connectivity index (χ3v) is 4.75. The average Bonchev–Trinajstić information content (AvgIpc) is 3.27. The Morgan fingerprint density at radius 3 is 2.75 bits per heavy atom. The molecule has 7 heteroatoms. The van der Waals surface area contributed by atoms with E-state index in [1.165, 1.54) is 18.2 Å². The fourth-order valence-corrected chi connectivity index (χ4v) is 3.20. The number of hydrogen-bond acceptors (Lipinski definition) is 6. The number of rotatable bonds is 5. The zero-order chi connectivity index (χ0) is 19.5. The van der Waals surface area contributed by atoms with Gasteiger partial charge >= 0.3 is 5.97 Å². The highest BCUT2D eigenvalue weighted by atomic mass is 32.1. The van der Waals surface area contributed by atoms with Crippen molar-refractivity contribution in [3.8, 4) is 5.75 Å². The Balaban J connectivity index is 1.46. The molecule has 0 radical (unpaired) electrons. The smallest absolute Gasteiger partial charge is 0.363 e. The maximum atomic E-state index is 13.3. The minimum Gasteiger partial charge on any atom is -0.487 e. The number of ether oxygens (including phenoxy) is 2. The van der Waals surface area contributed by atoms with Gasteiger partial charge in [0.1, 0.15) is 18.2 Å². The molecule has 140 valence electrons. The van der Waals surface area contributed by atoms with Crippen LogP contribution in [0.1, 0.15) is 21.8 Å². The first-order valence-electron chi connectivity index (χ1n) is 8.49. The van der Waals surface area contributed by atoms with Crippen molar-refractivity contribution in [1.82, 2.24) is 4.98 Å². The molecule has 5 nitrogen and oxygen atoms in total. The molecule has 1 aliphatic rings. The van der Waals surface area contributed by atoms with Crippen LogP contribution in [0, 0.1) is 12.7 Å². The molecule has 0 spiro atoms. The van der Waals surface area contributed by atoms with Crippen molar-refractivity contribution >= 4 is 29.3 Å². The summed E-state index contributed by atoms with van der Waals surface area (Å²) in [5.41, 5.74) is 2.23. The number of aromatic nitrogens is 1. The standard InChI is InChI=1S/C21H15FN2O3S/c1-13-23-17(12-28-13)11-26-18-7-5-14(6-8-18)9-19-21(25)27-20(24-19)15-3-2-4-16(22)10-15/h2-10,12H,11H2,1H3/b19-9-. The summed E-state index contributed by atoms with van der Waals surface area (Å²) in [7, 11) is 0. The molecule has 0 amide bonds. The maximum absolute atomic E-state index is 13.3. The van der Waals surface area contributed by atoms with Gasteiger partial charge in [0.25, 0.3) is 0 Å². The summed E-state index contributed by atoms with van der Waals surface area (Å²) in [5, 5.41) is 2.97. The van der Waals surface area contributed by atoms with E-state index in [0.29, 0.717) is 17.9 Å². The second kappa shape index (κ2) is 7.74. The molecule has 4 rings (SSSR count). The molecule has 0 aliphatic carbocycles. The zero-order valence-corrected chi connectivity index (χ0v) is 15.7. The number of thiazole rings is 1. The third kappa shape index (κ3) is 4.15. The normalized spacial score (nSPS) is 14.9. The highest BCUT2D eigenvalue weighted by molar-refractivity contribution is 7.09. The van der Waals surface area contributed by atoms with Gasteiger partial charge in [-0.15, -0.1) is 11.3 Å². The Hall–Kier alpha value is -3.32. The lowest BCUT2D eigenvalue weighted by Gasteiger charge is -2.04. The van der Waals surface area contributed by atoms with Crippen molar-refractivity contribution in [1.29, 1.82) is 0 Å². The van der Waals surface area contributed by atoms with Crippen LogP contribution in [-0.4, -0.2) is 16.9 Å². The van der Waals surface area contributed by atoms with Gasteiger partial charge in [-0.25, -0.2) is 19.2 Å². The summed E-state index contributed by atoms with van der Waals surface area (Å²) in [4.78, 5) is 20.6. The summed E-state index contributed by atoms with van der Waals surface area (Å²) in [6.45, 7) is 2.35. The van der Waals surface area contributed by atoms with Crippen molar-refractivity contribution in [3.05, 3.63) is 87.3 Å². The number of halogens is 1. The van der Waals surface area contributed by atoms with Gasteiger partial charge in [-0.3, -0.25) is 0 Å². The first-order valence-corrected chi connectivity index (χ1v) is 9.37. The predicted octanol–water partition coefficient (Wildman–Crippen LogP) is 4.51. The van der Waals surface area contributed by atoms with E-state index >= 15 is 0 Å². The van der Waals surface area contributed by atoms with Gasteiger partial charge in [0.05, 0.1) is 10.7 Å². The van der Waals surface area contributed by atoms with E-state index in [0.717, 1.165) is 16.3 Å². The van der Waals surface area contributed by atoms with Gasteiger partial charge in [-0.2, -0.15) is 0 Å². The molecule has 0 saturated carbocycles. The number of cyclic esters (lactones) is 1. The van der Waals surface area contributed by atoms with Crippen LogP contribution < -0.4 is 4.74 Å². The molecule has 3 aromatic rings. The van der Waals surface area contributed by atoms with Crippen molar-refractivity contribution < 1.29 is 18.7 Å². The summed E-state index contributed by atoms with van der Waals surface area (Å²) < 4.78 is 24.2. The first kappa shape index (κ1) is 18.1. The first-order chi connectivity index (χ1) is 13.6. The fourth-order valence-electron chi connectivity index (χ4n) is 2.60. The number of aliphatic imine (C=N–C) groups is 1. The van der Waals surface area contributed by atoms with Crippen LogP contribution in [0.15, 0.2) is 64.6 Å². The van der Waals surface area contributed by atoms with Gasteiger partial charge in [-0.1, -0.05) is 18.2 Å². The Bertz CT molecular complexity index is 1090. The molecular weight excluding hydrogens is 379 g/mol. The van der Waals surface area contributed by atoms with Crippen LogP contribution in [0.5, 0.6) is 5.75 Å². The Kier molecular flexibility index (Phi) is 4.99. The molecule has 0 N–H and O–H groups in total. The van der Waals surface area contributed by atoms with Crippen LogP contribution in [0.4, 0.5) is 4.39 Å². The lowest BCUT2D eigenvalue weighted by molar-refractivity contribution is -0.129. The SMILES string of the molecule is Cc1nc(COc2ccc(/C=C3\N=C(c4cccc(F)c4)OC3=O)cc2)cs1. The van der Waals surface area contributed by atoms with Crippen molar-refractivity contribution in [2.24, 2.45) is 4.99 Å². The number of aryl methyl sites for hydroxylation is 1. The number of carbonyl (C=O) groups excluding carboxylic acids is 1. The number of hydrogen-bond donors (Lipinski definition) is 0. The zero-order valence-electron chi connectivity index (χ0n) is 14.9. The van der Waals surface area contributed by atoms with Gasteiger partial charge in [0.15, 0.2) is 5.70 Å². The average molecular weight is 394 g/mol. The molecule has 0 atom stereocenters. The number of esters is 1. The number of benzene rings is 2. The molecule has 0 fully saturated rings. The second-order valence-corrected chi connectivity index (χ2v) is 7.12. The van der Waals surface area contributed by atoms with Crippen LogP contribution in [0.3, 0.4) is 0 Å². The van der Waals surface area contributed by atoms with E-state index in [1.807, 2.05) is 36.6 Å². The Morgan fingerprint density at radius 1 is 1.21 bits per heavy atom. The van der Waals surface area contributed by atoms with E-state index in [2.05, 4.69) is 9.98 Å². The Labute approximate surface area is 164 Å². The number of nitrogens with zero attached hydrogens (tertiary/aromatic N) is 2. The molecule has 28 heavy (non-hydrogen) atoms. The highest BCUT2D eigenvalue weighted by Crippen LogP contribution is 2.21. The van der Waals surface area contributed by atoms with Crippen LogP contribution in [-0.2, 0) is 16.1 Å². The van der Waals surface area contributed by atoms with Gasteiger partial charge in [0.2, 0.25) is 5.90 Å². The predicted molar refractivity (Wildman–Crippen MR) is 105 cm³/mol. The molecule has 1 aliphatic heterocycles. The lowest BCUT2D eigenvalue weighted by Crippen LogP contribution is -2.05. The molecule has 0 saturated heterocycles. The van der Waals surface area contributed by atoms with E-state index in [9.17, 15) is 9.18 Å². The van der Waals surface area contributed by atoms with E-state index in [4.69, 9.17) is 9.47 Å². The van der Waals surface area contributed by atoms with Crippen molar-refractivity contribution in [2.75, 3.05) is 0 Å². The van der Waals surface area contributed by atoms with E-state index < -0.39 is 11.8 Å². The molecule has 0 bridgehead atoms. The number of carbonyl (C=O) groups is 1. The fraction of sp³-hybridized carbons (Fsp3) is 0.0952. The second-order valence-electron chi connectivity index (χ2n) is 6.06. The highest BCUT2D eigenvalue weighted by Gasteiger charge is 2.24. The topological polar surface area (TPSA) is 60.8 Å². The largest absolute Gasteiger partial charge is 0.487 e.